The van der Waals surface area contributed by atoms with Crippen LogP contribution >= 0.6 is 0 Å². The fraction of sp³-hybridized carbons (Fsp3) is 0.158. The van der Waals surface area contributed by atoms with Crippen molar-refractivity contribution in [1.29, 1.82) is 0 Å². The van der Waals surface area contributed by atoms with Gasteiger partial charge in [0.25, 0.3) is 10.0 Å². The van der Waals surface area contributed by atoms with E-state index in [1.807, 2.05) is 38.4 Å². The Morgan fingerprint density at radius 3 is 2.17 bits per heavy atom. The van der Waals surface area contributed by atoms with E-state index in [1.54, 1.807) is 24.3 Å². The van der Waals surface area contributed by atoms with Crippen molar-refractivity contribution >= 4 is 10.0 Å². The van der Waals surface area contributed by atoms with E-state index in [2.05, 4.69) is 17.0 Å². The highest BCUT2D eigenvalue weighted by atomic mass is 32.2. The molecule has 5 heteroatoms. The number of nitrogens with zero attached hydrogens (tertiary/aromatic N) is 2. The second-order valence-corrected chi connectivity index (χ2v) is 7.82. The van der Waals surface area contributed by atoms with Crippen LogP contribution < -0.4 is 0 Å². The molecule has 0 aliphatic carbocycles. The predicted molar refractivity (Wildman–Crippen MR) is 96.3 cm³/mol. The Morgan fingerprint density at radius 2 is 1.54 bits per heavy atom. The van der Waals surface area contributed by atoms with Crippen molar-refractivity contribution in [2.24, 2.45) is 0 Å². The van der Waals surface area contributed by atoms with Gasteiger partial charge in [0.2, 0.25) is 0 Å². The van der Waals surface area contributed by atoms with Crippen LogP contribution in [-0.4, -0.2) is 31.4 Å². The van der Waals surface area contributed by atoms with E-state index in [1.165, 1.54) is 21.9 Å². The van der Waals surface area contributed by atoms with Crippen LogP contribution in [0, 0.1) is 0 Å². The maximum atomic E-state index is 12.5. The molecule has 0 aliphatic rings. The van der Waals surface area contributed by atoms with Crippen molar-refractivity contribution < 1.29 is 8.42 Å². The topological polar surface area (TPSA) is 42.3 Å². The van der Waals surface area contributed by atoms with Gasteiger partial charge in [0.05, 0.1) is 4.90 Å². The first-order chi connectivity index (χ1) is 11.5. The van der Waals surface area contributed by atoms with Gasteiger partial charge in [-0.3, -0.25) is 0 Å². The van der Waals surface area contributed by atoms with Gasteiger partial charge in [-0.05, 0) is 61.1 Å². The van der Waals surface area contributed by atoms with Crippen LogP contribution in [0.4, 0.5) is 0 Å². The number of benzene rings is 2. The first-order valence-electron chi connectivity index (χ1n) is 7.69. The number of hydrogen-bond acceptors (Lipinski definition) is 3. The number of rotatable bonds is 5. The maximum Gasteiger partial charge on any atom is 0.267 e. The normalized spacial score (nSPS) is 11.8. The predicted octanol–water partition coefficient (Wildman–Crippen LogP) is 3.45. The van der Waals surface area contributed by atoms with Gasteiger partial charge in [0, 0.05) is 18.9 Å². The Labute approximate surface area is 143 Å². The van der Waals surface area contributed by atoms with E-state index in [4.69, 9.17) is 0 Å². The monoisotopic (exact) mass is 340 g/mol. The second-order valence-electron chi connectivity index (χ2n) is 5.98. The van der Waals surface area contributed by atoms with E-state index >= 15 is 0 Å². The van der Waals surface area contributed by atoms with Gasteiger partial charge < -0.3 is 4.90 Å². The lowest BCUT2D eigenvalue weighted by Gasteiger charge is -2.11. The summed E-state index contributed by atoms with van der Waals surface area (Å²) in [4.78, 5) is 2.40. The molecule has 0 saturated carbocycles. The molecule has 0 unspecified atom stereocenters. The van der Waals surface area contributed by atoms with Crippen LogP contribution in [0.25, 0.3) is 11.1 Å². The lowest BCUT2D eigenvalue weighted by Crippen LogP contribution is -2.10. The summed E-state index contributed by atoms with van der Waals surface area (Å²) in [5.41, 5.74) is 3.31. The van der Waals surface area contributed by atoms with E-state index in [9.17, 15) is 8.42 Å². The second kappa shape index (κ2) is 6.63. The Hall–Kier alpha value is -2.37. The quantitative estimate of drug-likeness (QED) is 0.714. The average Bonchev–Trinajstić information content (AvgIpc) is 3.10. The van der Waals surface area contributed by atoms with Crippen LogP contribution in [-0.2, 0) is 16.6 Å². The van der Waals surface area contributed by atoms with Crippen LogP contribution in [0.3, 0.4) is 0 Å². The molecule has 1 aromatic heterocycles. The van der Waals surface area contributed by atoms with Crippen molar-refractivity contribution in [2.45, 2.75) is 11.4 Å². The third kappa shape index (κ3) is 3.42. The molecule has 0 N–H and O–H groups in total. The molecule has 24 heavy (non-hydrogen) atoms. The summed E-state index contributed by atoms with van der Waals surface area (Å²) in [5, 5.41) is 0. The molecule has 0 saturated heterocycles. The van der Waals surface area contributed by atoms with E-state index in [0.29, 0.717) is 0 Å². The SMILES string of the molecule is CN(C)Cc1cccc(-c2ccc(S(=O)(=O)n3cccc3)cc2)c1. The van der Waals surface area contributed by atoms with E-state index in [0.717, 1.165) is 17.7 Å². The van der Waals surface area contributed by atoms with Crippen LogP contribution in [0.15, 0.2) is 78.0 Å². The zero-order valence-corrected chi connectivity index (χ0v) is 14.6. The Balaban J connectivity index is 1.90. The highest BCUT2D eigenvalue weighted by molar-refractivity contribution is 7.90. The summed E-state index contributed by atoms with van der Waals surface area (Å²) in [7, 11) is 0.562. The molecule has 2 aromatic carbocycles. The van der Waals surface area contributed by atoms with Gasteiger partial charge in [-0.2, -0.15) is 0 Å². The molecule has 0 aliphatic heterocycles. The lowest BCUT2D eigenvalue weighted by atomic mass is 10.0. The van der Waals surface area contributed by atoms with Gasteiger partial charge in [0.1, 0.15) is 0 Å². The first-order valence-corrected chi connectivity index (χ1v) is 9.13. The third-order valence-corrected chi connectivity index (χ3v) is 5.43. The van der Waals surface area contributed by atoms with Gasteiger partial charge in [0.15, 0.2) is 0 Å². The summed E-state index contributed by atoms with van der Waals surface area (Å²) >= 11 is 0. The molecule has 0 fully saturated rings. The standard InChI is InChI=1S/C19H20N2O2S/c1-20(2)15-16-6-5-7-18(14-16)17-8-10-19(11-9-17)24(22,23)21-12-3-4-13-21/h3-14H,15H2,1-2H3. The van der Waals surface area contributed by atoms with Crippen LogP contribution in [0.2, 0.25) is 0 Å². The van der Waals surface area contributed by atoms with Gasteiger partial charge >= 0.3 is 0 Å². The molecular weight excluding hydrogens is 320 g/mol. The van der Waals surface area contributed by atoms with Crippen LogP contribution in [0.1, 0.15) is 5.56 Å². The largest absolute Gasteiger partial charge is 0.305 e. The van der Waals surface area contributed by atoms with Crippen molar-refractivity contribution in [3.8, 4) is 11.1 Å². The third-order valence-electron chi connectivity index (χ3n) is 3.77. The molecule has 0 bridgehead atoms. The molecular formula is C19H20N2O2S. The Kier molecular flexibility index (Phi) is 4.55. The highest BCUT2D eigenvalue weighted by Crippen LogP contribution is 2.23. The average molecular weight is 340 g/mol. The van der Waals surface area contributed by atoms with Crippen molar-refractivity contribution in [3.05, 3.63) is 78.6 Å². The summed E-state index contributed by atoms with van der Waals surface area (Å²) < 4.78 is 26.2. The highest BCUT2D eigenvalue weighted by Gasteiger charge is 2.15. The van der Waals surface area contributed by atoms with Crippen LogP contribution in [0.5, 0.6) is 0 Å². The van der Waals surface area contributed by atoms with Crippen molar-refractivity contribution in [1.82, 2.24) is 8.87 Å². The molecule has 4 nitrogen and oxygen atoms in total. The smallest absolute Gasteiger partial charge is 0.267 e. The number of aromatic nitrogens is 1. The molecule has 3 aromatic rings. The van der Waals surface area contributed by atoms with Crippen molar-refractivity contribution in [3.63, 3.8) is 0 Å². The minimum Gasteiger partial charge on any atom is -0.305 e. The van der Waals surface area contributed by atoms with Crippen molar-refractivity contribution in [2.75, 3.05) is 14.1 Å². The fourth-order valence-corrected chi connectivity index (χ4v) is 3.82. The molecule has 3 rings (SSSR count). The zero-order chi connectivity index (χ0) is 17.2. The van der Waals surface area contributed by atoms with Gasteiger partial charge in [-0.1, -0.05) is 30.3 Å². The fourth-order valence-electron chi connectivity index (χ4n) is 2.63. The summed E-state index contributed by atoms with van der Waals surface area (Å²) in [6, 6.07) is 18.7. The molecule has 0 amide bonds. The zero-order valence-electron chi connectivity index (χ0n) is 13.8. The minimum absolute atomic E-state index is 0.284. The Morgan fingerprint density at radius 1 is 0.875 bits per heavy atom. The lowest BCUT2D eigenvalue weighted by molar-refractivity contribution is 0.402. The summed E-state index contributed by atoms with van der Waals surface area (Å²) in [6.45, 7) is 0.869. The van der Waals surface area contributed by atoms with E-state index in [-0.39, 0.29) is 4.90 Å². The number of hydrogen-bond donors (Lipinski definition) is 0. The summed E-state index contributed by atoms with van der Waals surface area (Å²) in [6.07, 6.45) is 3.07. The molecule has 1 heterocycles. The molecule has 0 radical (unpaired) electrons. The minimum atomic E-state index is -3.51. The summed E-state index contributed by atoms with van der Waals surface area (Å²) in [5.74, 6) is 0. The Bertz CT molecular complexity index is 912. The molecule has 0 spiro atoms. The van der Waals surface area contributed by atoms with Gasteiger partial charge in [-0.25, -0.2) is 12.4 Å². The maximum absolute atomic E-state index is 12.5. The van der Waals surface area contributed by atoms with Gasteiger partial charge in [-0.15, -0.1) is 0 Å². The molecule has 0 atom stereocenters. The van der Waals surface area contributed by atoms with E-state index < -0.39 is 10.0 Å². The molecule has 124 valence electrons. The first kappa shape index (κ1) is 16.5.